The number of esters is 1. The Morgan fingerprint density at radius 1 is 1.28 bits per heavy atom. The van der Waals surface area contributed by atoms with E-state index in [1.54, 1.807) is 12.1 Å². The second-order valence-corrected chi connectivity index (χ2v) is 8.72. The highest BCUT2D eigenvalue weighted by atomic mass is 32.2. The summed E-state index contributed by atoms with van der Waals surface area (Å²) in [4.78, 5) is 28.1. The molecule has 0 radical (unpaired) electrons. The summed E-state index contributed by atoms with van der Waals surface area (Å²) in [5.41, 5.74) is 0.115. The van der Waals surface area contributed by atoms with E-state index >= 15 is 0 Å². The highest BCUT2D eigenvalue weighted by Gasteiger charge is 2.18. The second-order valence-electron chi connectivity index (χ2n) is 6.06. The fraction of sp³-hybridized carbons (Fsp3) is 0.105. The summed E-state index contributed by atoms with van der Waals surface area (Å²) < 4.78 is 42.0. The van der Waals surface area contributed by atoms with Crippen LogP contribution in [0, 0.1) is 11.3 Å². The number of nitrogens with zero attached hydrogens (tertiary/aromatic N) is 3. The van der Waals surface area contributed by atoms with Gasteiger partial charge in [0.1, 0.15) is 11.6 Å². The smallest absolute Gasteiger partial charge is 0.379 e. The third-order valence-electron chi connectivity index (χ3n) is 3.75. The minimum atomic E-state index is -3.63. The number of hydrogen-bond acceptors (Lipinski definition) is 11. The second kappa shape index (κ2) is 9.41. The van der Waals surface area contributed by atoms with Crippen molar-refractivity contribution in [3.8, 4) is 17.6 Å². The van der Waals surface area contributed by atoms with E-state index in [2.05, 4.69) is 14.7 Å². The first-order valence-electron chi connectivity index (χ1n) is 8.62. The highest BCUT2D eigenvalue weighted by molar-refractivity contribution is 7.90. The molecule has 164 valence electrons. The van der Waals surface area contributed by atoms with Gasteiger partial charge in [-0.05, 0) is 35.9 Å². The van der Waals surface area contributed by atoms with Gasteiger partial charge in [-0.25, -0.2) is 13.2 Å². The van der Waals surface area contributed by atoms with E-state index in [1.165, 1.54) is 43.7 Å². The fourth-order valence-electron chi connectivity index (χ4n) is 2.29. The van der Waals surface area contributed by atoms with Gasteiger partial charge in [-0.3, -0.25) is 10.1 Å². The molecule has 3 aromatic rings. The molecular formula is C19H14N4O7S2. The van der Waals surface area contributed by atoms with E-state index in [1.807, 2.05) is 0 Å². The van der Waals surface area contributed by atoms with E-state index in [-0.39, 0.29) is 28.0 Å². The van der Waals surface area contributed by atoms with Crippen molar-refractivity contribution in [1.29, 1.82) is 5.26 Å². The van der Waals surface area contributed by atoms with Crippen LogP contribution >= 0.6 is 11.5 Å². The summed E-state index contributed by atoms with van der Waals surface area (Å²) in [5, 5.41) is 11.2. The van der Waals surface area contributed by atoms with Gasteiger partial charge in [-0.15, -0.1) is 0 Å². The molecule has 0 aliphatic rings. The van der Waals surface area contributed by atoms with Crippen LogP contribution in [0.2, 0.25) is 0 Å². The molecule has 1 amide bonds. The summed E-state index contributed by atoms with van der Waals surface area (Å²) in [5.74, 6) is -1.24. The maximum Gasteiger partial charge on any atom is 0.379 e. The first-order chi connectivity index (χ1) is 15.2. The number of anilines is 1. The Balaban J connectivity index is 1.79. The molecule has 11 nitrogen and oxygen atoms in total. The van der Waals surface area contributed by atoms with Crippen molar-refractivity contribution in [2.75, 3.05) is 18.7 Å². The first kappa shape index (κ1) is 22.7. The normalized spacial score (nSPS) is 11.5. The molecule has 0 fully saturated rings. The average molecular weight is 474 g/mol. The predicted molar refractivity (Wildman–Crippen MR) is 112 cm³/mol. The lowest BCUT2D eigenvalue weighted by Gasteiger charge is -2.09. The Hall–Kier alpha value is -4.02. The van der Waals surface area contributed by atoms with Crippen molar-refractivity contribution in [3.63, 3.8) is 0 Å². The number of furan rings is 1. The fourth-order valence-corrected chi connectivity index (χ4v) is 3.73. The third kappa shape index (κ3) is 5.36. The highest BCUT2D eigenvalue weighted by Crippen LogP contribution is 2.30. The van der Waals surface area contributed by atoms with Crippen LogP contribution in [0.5, 0.6) is 11.5 Å². The topological polar surface area (TPSA) is 161 Å². The number of hydrogen-bond donors (Lipinski definition) is 1. The predicted octanol–water partition coefficient (Wildman–Crippen LogP) is 2.31. The number of amides is 1. The lowest BCUT2D eigenvalue weighted by atomic mass is 10.1. The van der Waals surface area contributed by atoms with E-state index in [0.29, 0.717) is 17.1 Å². The van der Waals surface area contributed by atoms with Gasteiger partial charge in [-0.2, -0.15) is 14.6 Å². The summed E-state index contributed by atoms with van der Waals surface area (Å²) in [6.07, 6.45) is 3.54. The van der Waals surface area contributed by atoms with E-state index < -0.39 is 26.9 Å². The lowest BCUT2D eigenvalue weighted by Crippen LogP contribution is -2.13. The zero-order valence-electron chi connectivity index (χ0n) is 16.6. The van der Waals surface area contributed by atoms with Gasteiger partial charge < -0.3 is 13.9 Å². The number of aromatic nitrogens is 2. The molecular weight excluding hydrogens is 460 g/mol. The molecule has 0 atom stereocenters. The van der Waals surface area contributed by atoms with Crippen LogP contribution in [0.25, 0.3) is 6.08 Å². The van der Waals surface area contributed by atoms with Crippen molar-refractivity contribution in [3.05, 3.63) is 53.5 Å². The lowest BCUT2D eigenvalue weighted by molar-refractivity contribution is -0.112. The molecule has 13 heteroatoms. The quantitative estimate of drug-likeness (QED) is 0.233. The molecule has 0 unspecified atom stereocenters. The number of nitrogens with one attached hydrogen (secondary N) is 1. The summed E-state index contributed by atoms with van der Waals surface area (Å²) in [7, 11) is -2.26. The number of nitriles is 1. The number of methoxy groups -OCH3 is 1. The number of benzene rings is 1. The molecule has 0 saturated carbocycles. The Morgan fingerprint density at radius 2 is 2.06 bits per heavy atom. The number of sulfone groups is 1. The van der Waals surface area contributed by atoms with Crippen LogP contribution < -0.4 is 14.8 Å². The first-order valence-corrected chi connectivity index (χ1v) is 11.3. The third-order valence-corrected chi connectivity index (χ3v) is 5.34. The minimum absolute atomic E-state index is 0.00942. The number of carbonyl (C=O) groups is 2. The van der Waals surface area contributed by atoms with Crippen LogP contribution in [-0.2, 0) is 14.6 Å². The minimum Gasteiger partial charge on any atom is -0.493 e. The van der Waals surface area contributed by atoms with Crippen LogP contribution in [0.1, 0.15) is 16.1 Å². The van der Waals surface area contributed by atoms with Crippen molar-refractivity contribution < 1.29 is 31.9 Å². The maximum atomic E-state index is 12.4. The van der Waals surface area contributed by atoms with Gasteiger partial charge in [0.2, 0.25) is 20.7 Å². The summed E-state index contributed by atoms with van der Waals surface area (Å²) in [6.45, 7) is 0. The van der Waals surface area contributed by atoms with Crippen LogP contribution in [-0.4, -0.2) is 43.0 Å². The van der Waals surface area contributed by atoms with Crippen LogP contribution in [0.3, 0.4) is 0 Å². The zero-order chi connectivity index (χ0) is 23.3. The van der Waals surface area contributed by atoms with Gasteiger partial charge in [0.05, 0.1) is 13.4 Å². The van der Waals surface area contributed by atoms with Crippen LogP contribution in [0.4, 0.5) is 5.13 Å². The van der Waals surface area contributed by atoms with E-state index in [0.717, 1.165) is 6.26 Å². The molecule has 0 saturated heterocycles. The molecule has 1 N–H and O–H groups in total. The zero-order valence-corrected chi connectivity index (χ0v) is 18.2. The molecule has 3 rings (SSSR count). The molecule has 0 spiro atoms. The van der Waals surface area contributed by atoms with Crippen LogP contribution in [0.15, 0.2) is 51.7 Å². The Morgan fingerprint density at radius 3 is 2.66 bits per heavy atom. The molecule has 2 heterocycles. The Bertz CT molecular complexity index is 1340. The van der Waals surface area contributed by atoms with E-state index in [9.17, 15) is 23.3 Å². The number of carbonyl (C=O) groups excluding carboxylic acids is 2. The maximum absolute atomic E-state index is 12.4. The monoisotopic (exact) mass is 474 g/mol. The van der Waals surface area contributed by atoms with Gasteiger partial charge in [0.15, 0.2) is 11.5 Å². The number of rotatable bonds is 7. The van der Waals surface area contributed by atoms with Gasteiger partial charge >= 0.3 is 5.97 Å². The largest absolute Gasteiger partial charge is 0.493 e. The summed E-state index contributed by atoms with van der Waals surface area (Å²) in [6, 6.07) is 9.14. The molecule has 0 aliphatic heterocycles. The summed E-state index contributed by atoms with van der Waals surface area (Å²) >= 11 is 0.666. The molecule has 0 bridgehead atoms. The standard InChI is InChI=1S/C19H14N4O7S2/c1-28-15-9-11(5-6-13(15)30-17(25)14-4-3-7-29-14)8-12(10-20)16(24)21-18-22-19(23-31-18)32(2,26)27/h3-9H,1-2H3,(H,21,22,23,24). The molecule has 32 heavy (non-hydrogen) atoms. The van der Waals surface area contributed by atoms with E-state index in [4.69, 9.17) is 13.9 Å². The van der Waals surface area contributed by atoms with Crippen molar-refractivity contribution in [2.24, 2.45) is 0 Å². The van der Waals surface area contributed by atoms with Gasteiger partial charge in [-0.1, -0.05) is 6.07 Å². The Kier molecular flexibility index (Phi) is 6.67. The molecule has 2 aromatic heterocycles. The molecule has 1 aromatic carbocycles. The van der Waals surface area contributed by atoms with Crippen molar-refractivity contribution in [1.82, 2.24) is 9.36 Å². The molecule has 0 aliphatic carbocycles. The van der Waals surface area contributed by atoms with Crippen molar-refractivity contribution in [2.45, 2.75) is 5.16 Å². The van der Waals surface area contributed by atoms with Crippen molar-refractivity contribution >= 4 is 44.5 Å². The average Bonchev–Trinajstić information content (AvgIpc) is 3.44. The Labute approximate surface area is 186 Å². The van der Waals surface area contributed by atoms with Gasteiger partial charge in [0, 0.05) is 17.8 Å². The SMILES string of the molecule is COc1cc(C=C(C#N)C(=O)Nc2nc(S(C)(=O)=O)ns2)ccc1OC(=O)c1ccco1. The van der Waals surface area contributed by atoms with Gasteiger partial charge in [0.25, 0.3) is 11.1 Å². The number of ether oxygens (including phenoxy) is 2.